The van der Waals surface area contributed by atoms with E-state index >= 15 is 0 Å². The molecule has 19 heavy (non-hydrogen) atoms. The van der Waals surface area contributed by atoms with Gasteiger partial charge >= 0.3 is 0 Å². The van der Waals surface area contributed by atoms with Crippen LogP contribution in [0.15, 0.2) is 18.2 Å². The second kappa shape index (κ2) is 6.80. The molecule has 1 heterocycles. The number of nitrogens with zero attached hydrogens (tertiary/aromatic N) is 1. The highest BCUT2D eigenvalue weighted by Crippen LogP contribution is 2.27. The number of carbonyl (C=O) groups excluding carboxylic acids is 1. The van der Waals surface area contributed by atoms with Crippen LogP contribution in [0.25, 0.3) is 0 Å². The van der Waals surface area contributed by atoms with Crippen molar-refractivity contribution in [1.82, 2.24) is 10.2 Å². The van der Waals surface area contributed by atoms with Gasteiger partial charge in [-0.2, -0.15) is 0 Å². The third kappa shape index (κ3) is 3.54. The number of hydrogen-bond acceptors (Lipinski definition) is 2. The zero-order chi connectivity index (χ0) is 13.3. The van der Waals surface area contributed by atoms with Crippen LogP contribution in [0, 0.1) is 0 Å². The first kappa shape index (κ1) is 16.6. The zero-order valence-electron chi connectivity index (χ0n) is 10.8. The van der Waals surface area contributed by atoms with E-state index in [0.29, 0.717) is 28.2 Å². The molecule has 2 unspecified atom stereocenters. The number of halogens is 3. The lowest BCUT2D eigenvalue weighted by Gasteiger charge is -2.37. The van der Waals surface area contributed by atoms with Crippen molar-refractivity contribution in [3.63, 3.8) is 0 Å². The summed E-state index contributed by atoms with van der Waals surface area (Å²) in [7, 11) is 0. The molecule has 1 aromatic carbocycles. The summed E-state index contributed by atoms with van der Waals surface area (Å²) in [6.45, 7) is 5.56. The van der Waals surface area contributed by atoms with E-state index in [1.54, 1.807) is 18.2 Å². The quantitative estimate of drug-likeness (QED) is 0.860. The maximum Gasteiger partial charge on any atom is 0.255 e. The maximum atomic E-state index is 12.5. The Morgan fingerprint density at radius 3 is 2.74 bits per heavy atom. The Morgan fingerprint density at radius 2 is 2.05 bits per heavy atom. The summed E-state index contributed by atoms with van der Waals surface area (Å²) >= 11 is 12.0. The molecule has 3 nitrogen and oxygen atoms in total. The van der Waals surface area contributed by atoms with E-state index in [9.17, 15) is 4.79 Å². The molecule has 0 aromatic heterocycles. The highest BCUT2D eigenvalue weighted by atomic mass is 35.5. The summed E-state index contributed by atoms with van der Waals surface area (Å²) in [6, 6.07) is 5.60. The van der Waals surface area contributed by atoms with Gasteiger partial charge in [-0.1, -0.05) is 29.3 Å². The standard InChI is InChI=1S/C13H16Cl2N2O.ClH/c1-8-7-17(9(2)6-16-8)13(18)10-4-3-5-11(14)12(10)15;/h3-5,8-9,16H,6-7H2,1-2H3;1H. The first-order valence-electron chi connectivity index (χ1n) is 5.99. The highest BCUT2D eigenvalue weighted by Gasteiger charge is 2.28. The summed E-state index contributed by atoms with van der Waals surface area (Å²) in [4.78, 5) is 14.3. The Morgan fingerprint density at radius 1 is 1.37 bits per heavy atom. The smallest absolute Gasteiger partial charge is 0.255 e. The third-order valence-corrected chi connectivity index (χ3v) is 4.03. The molecule has 1 saturated heterocycles. The van der Waals surface area contributed by atoms with Crippen LogP contribution >= 0.6 is 35.6 Å². The summed E-state index contributed by atoms with van der Waals surface area (Å²) in [5.41, 5.74) is 0.477. The Kier molecular flexibility index (Phi) is 5.93. The minimum atomic E-state index is -0.0525. The van der Waals surface area contributed by atoms with Crippen LogP contribution in [0.4, 0.5) is 0 Å². The molecule has 0 aliphatic carbocycles. The number of rotatable bonds is 1. The molecule has 1 aliphatic heterocycles. The summed E-state index contributed by atoms with van der Waals surface area (Å²) in [5, 5.41) is 4.09. The van der Waals surface area contributed by atoms with Crippen molar-refractivity contribution in [1.29, 1.82) is 0 Å². The van der Waals surface area contributed by atoms with E-state index in [4.69, 9.17) is 23.2 Å². The van der Waals surface area contributed by atoms with Crippen LogP contribution in [0.3, 0.4) is 0 Å². The molecule has 1 aromatic rings. The van der Waals surface area contributed by atoms with Gasteiger partial charge in [0.15, 0.2) is 0 Å². The maximum absolute atomic E-state index is 12.5. The van der Waals surface area contributed by atoms with Crippen LogP contribution in [0.2, 0.25) is 10.0 Å². The van der Waals surface area contributed by atoms with Crippen molar-refractivity contribution in [3.05, 3.63) is 33.8 Å². The lowest BCUT2D eigenvalue weighted by molar-refractivity contribution is 0.0616. The van der Waals surface area contributed by atoms with Gasteiger partial charge in [0.2, 0.25) is 0 Å². The second-order valence-electron chi connectivity index (χ2n) is 4.72. The van der Waals surface area contributed by atoms with Crippen LogP contribution in [0.5, 0.6) is 0 Å². The first-order chi connectivity index (χ1) is 8.50. The molecule has 1 amide bonds. The van der Waals surface area contributed by atoms with Crippen molar-refractivity contribution in [2.45, 2.75) is 25.9 Å². The predicted molar refractivity (Wildman–Crippen MR) is 81.7 cm³/mol. The van der Waals surface area contributed by atoms with E-state index < -0.39 is 0 Å². The average Bonchev–Trinajstić information content (AvgIpc) is 2.35. The van der Waals surface area contributed by atoms with Gasteiger partial charge in [0.25, 0.3) is 5.91 Å². The van der Waals surface area contributed by atoms with Crippen LogP contribution < -0.4 is 5.32 Å². The number of nitrogens with one attached hydrogen (secondary N) is 1. The Balaban J connectivity index is 0.00000180. The van der Waals surface area contributed by atoms with E-state index in [0.717, 1.165) is 6.54 Å². The van der Waals surface area contributed by atoms with Crippen LogP contribution in [-0.4, -0.2) is 36.0 Å². The van der Waals surface area contributed by atoms with Gasteiger partial charge in [0, 0.05) is 25.2 Å². The SMILES string of the molecule is CC1CN(C(=O)c2cccc(Cl)c2Cl)C(C)CN1.Cl. The number of hydrogen-bond donors (Lipinski definition) is 1. The van der Waals surface area contributed by atoms with Crippen LogP contribution in [0.1, 0.15) is 24.2 Å². The molecule has 0 radical (unpaired) electrons. The van der Waals surface area contributed by atoms with Gasteiger partial charge in [0.05, 0.1) is 15.6 Å². The fourth-order valence-electron chi connectivity index (χ4n) is 2.13. The minimum Gasteiger partial charge on any atom is -0.333 e. The molecule has 1 aliphatic rings. The molecular formula is C13H17Cl3N2O. The molecule has 0 saturated carbocycles. The summed E-state index contributed by atoms with van der Waals surface area (Å²) in [5.74, 6) is -0.0525. The van der Waals surface area contributed by atoms with Gasteiger partial charge in [0.1, 0.15) is 0 Å². The lowest BCUT2D eigenvalue weighted by Crippen LogP contribution is -2.56. The number of amides is 1. The molecule has 1 N–H and O–H groups in total. The van der Waals surface area contributed by atoms with Crippen molar-refractivity contribution >= 4 is 41.5 Å². The zero-order valence-corrected chi connectivity index (χ0v) is 13.1. The van der Waals surface area contributed by atoms with Gasteiger partial charge in [-0.3, -0.25) is 4.79 Å². The number of carbonyl (C=O) groups is 1. The highest BCUT2D eigenvalue weighted by molar-refractivity contribution is 6.43. The molecule has 2 rings (SSSR count). The number of piperazine rings is 1. The molecule has 6 heteroatoms. The van der Waals surface area contributed by atoms with E-state index in [-0.39, 0.29) is 24.4 Å². The first-order valence-corrected chi connectivity index (χ1v) is 6.74. The Bertz CT molecular complexity index is 467. The summed E-state index contributed by atoms with van der Waals surface area (Å²) < 4.78 is 0. The fraction of sp³-hybridized carbons (Fsp3) is 0.462. The molecule has 2 atom stereocenters. The number of benzene rings is 1. The average molecular weight is 324 g/mol. The van der Waals surface area contributed by atoms with E-state index in [1.165, 1.54) is 0 Å². The Hall–Kier alpha value is -0.480. The van der Waals surface area contributed by atoms with Crippen molar-refractivity contribution in [2.75, 3.05) is 13.1 Å². The predicted octanol–water partition coefficient (Wildman–Crippen LogP) is 3.24. The second-order valence-corrected chi connectivity index (χ2v) is 5.50. The minimum absolute atomic E-state index is 0. The van der Waals surface area contributed by atoms with Gasteiger partial charge < -0.3 is 10.2 Å². The summed E-state index contributed by atoms with van der Waals surface area (Å²) in [6.07, 6.45) is 0. The monoisotopic (exact) mass is 322 g/mol. The molecule has 0 bridgehead atoms. The van der Waals surface area contributed by atoms with Crippen molar-refractivity contribution in [2.24, 2.45) is 0 Å². The molecule has 0 spiro atoms. The van der Waals surface area contributed by atoms with Gasteiger partial charge in [-0.15, -0.1) is 12.4 Å². The largest absolute Gasteiger partial charge is 0.333 e. The molecule has 106 valence electrons. The fourth-order valence-corrected chi connectivity index (χ4v) is 2.51. The molecule has 1 fully saturated rings. The van der Waals surface area contributed by atoms with Gasteiger partial charge in [-0.25, -0.2) is 0 Å². The molecular weight excluding hydrogens is 307 g/mol. The van der Waals surface area contributed by atoms with Crippen LogP contribution in [-0.2, 0) is 0 Å². The van der Waals surface area contributed by atoms with E-state index in [2.05, 4.69) is 12.2 Å². The lowest BCUT2D eigenvalue weighted by atomic mass is 10.1. The van der Waals surface area contributed by atoms with Crippen molar-refractivity contribution in [3.8, 4) is 0 Å². The van der Waals surface area contributed by atoms with E-state index in [1.807, 2.05) is 11.8 Å². The third-order valence-electron chi connectivity index (χ3n) is 3.21. The van der Waals surface area contributed by atoms with Crippen molar-refractivity contribution < 1.29 is 4.79 Å². The normalized spacial score (nSPS) is 22.8. The Labute approximate surface area is 129 Å². The topological polar surface area (TPSA) is 32.3 Å². The van der Waals surface area contributed by atoms with Gasteiger partial charge in [-0.05, 0) is 26.0 Å².